The molecule has 4 aliphatic carbocycles. The molecule has 6 heterocycles. The van der Waals surface area contributed by atoms with Crippen molar-refractivity contribution in [2.45, 2.75) is 177 Å². The van der Waals surface area contributed by atoms with Gasteiger partial charge in [-0.2, -0.15) is 0 Å². The molecule has 0 bridgehead atoms. The summed E-state index contributed by atoms with van der Waals surface area (Å²) in [7, 11) is 2.78. The zero-order valence-electron chi connectivity index (χ0n) is 68.5. The van der Waals surface area contributed by atoms with Crippen molar-refractivity contribution in [1.29, 1.82) is 0 Å². The lowest BCUT2D eigenvalue weighted by molar-refractivity contribution is -0.271. The number of ether oxygens (including phenoxy) is 15. The largest absolute Gasteiger partial charge is 0.493 e. The normalized spacial score (nSPS) is 27.0. The van der Waals surface area contributed by atoms with E-state index in [9.17, 15) is 79.5 Å². The highest BCUT2D eigenvalue weighted by Crippen LogP contribution is 2.59. The summed E-state index contributed by atoms with van der Waals surface area (Å²) >= 11 is 0. The lowest BCUT2D eigenvalue weighted by Gasteiger charge is -2.38. The lowest BCUT2D eigenvalue weighted by atomic mass is 9.99. The van der Waals surface area contributed by atoms with E-state index in [1.54, 1.807) is 34.1 Å². The Bertz CT molecular complexity index is 4730. The second kappa shape index (κ2) is 39.0. The van der Waals surface area contributed by atoms with Crippen molar-refractivity contribution in [2.24, 2.45) is 28.6 Å². The Balaban J connectivity index is 0.567. The van der Waals surface area contributed by atoms with Crippen LogP contribution in [0.2, 0.25) is 0 Å². The number of carbonyl (C=O) groups excluding carboxylic acids is 6. The van der Waals surface area contributed by atoms with Crippen LogP contribution in [0.25, 0.3) is 0 Å². The van der Waals surface area contributed by atoms with Crippen molar-refractivity contribution < 1.29 is 151 Å². The zero-order valence-corrected chi connectivity index (χ0v) is 68.5. The maximum Gasteiger partial charge on any atom is 0.416 e. The number of anilines is 3. The van der Waals surface area contributed by atoms with Gasteiger partial charge in [-0.15, -0.1) is 11.8 Å². The molecule has 16 atom stereocenters. The van der Waals surface area contributed by atoms with Crippen LogP contribution in [0.3, 0.4) is 0 Å². The number of carboxylic acids is 1. The number of aliphatic hydroxyl groups excluding tert-OH is 8. The lowest BCUT2D eigenvalue weighted by Crippen LogP contribution is -2.61. The Morgan fingerprint density at radius 1 is 0.532 bits per heavy atom. The van der Waals surface area contributed by atoms with Crippen molar-refractivity contribution in [3.63, 3.8) is 0 Å². The van der Waals surface area contributed by atoms with E-state index in [1.807, 2.05) is 0 Å². The number of aliphatic hydroxyl groups is 8. The van der Waals surface area contributed by atoms with E-state index in [-0.39, 0.29) is 139 Å². The van der Waals surface area contributed by atoms with Gasteiger partial charge in [-0.25, -0.2) is 29.0 Å². The summed E-state index contributed by atoms with van der Waals surface area (Å²) in [5.74, 6) is 5.37. The Morgan fingerprint density at radius 3 is 1.59 bits per heavy atom. The molecule has 6 amide bonds. The molecule has 3 saturated carbocycles. The molecule has 5 aromatic rings. The second-order valence-corrected chi connectivity index (χ2v) is 32.9. The van der Waals surface area contributed by atoms with E-state index >= 15 is 0 Å². The Kier molecular flexibility index (Phi) is 27.8. The van der Waals surface area contributed by atoms with Crippen LogP contribution >= 0.6 is 0 Å². The summed E-state index contributed by atoms with van der Waals surface area (Å²) in [4.78, 5) is 102. The first-order valence-electron chi connectivity index (χ1n) is 41.7. The molecule has 37 nitrogen and oxygen atoms in total. The topological polar surface area (TPSA) is 477 Å². The van der Waals surface area contributed by atoms with Crippen LogP contribution < -0.4 is 48.9 Å². The molecular formula is C87H104N6O31. The molecule has 6 aliphatic heterocycles. The molecule has 37 heteroatoms. The maximum atomic E-state index is 14.9. The van der Waals surface area contributed by atoms with Gasteiger partial charge in [0.15, 0.2) is 41.6 Å². The minimum atomic E-state index is -1.93. The minimum absolute atomic E-state index is 0.0106. The molecule has 0 aromatic heterocycles. The van der Waals surface area contributed by atoms with Crippen LogP contribution in [0.4, 0.5) is 31.4 Å². The van der Waals surface area contributed by atoms with Gasteiger partial charge in [0, 0.05) is 44.6 Å². The van der Waals surface area contributed by atoms with E-state index in [2.05, 4.69) is 22.5 Å². The third-order valence-electron chi connectivity index (χ3n) is 24.5. The molecule has 2 spiro atoms. The molecule has 7 fully saturated rings. The molecular weight excluding hydrogens is 1620 g/mol. The molecule has 5 aromatic carbocycles. The maximum absolute atomic E-state index is 14.9. The fourth-order valence-electron chi connectivity index (χ4n) is 17.2. The molecule has 11 N–H and O–H groups in total. The first-order valence-corrected chi connectivity index (χ1v) is 41.7. The summed E-state index contributed by atoms with van der Waals surface area (Å²) < 4.78 is 86.7. The third-order valence-corrected chi connectivity index (χ3v) is 24.5. The summed E-state index contributed by atoms with van der Waals surface area (Å²) in [5, 5.41) is 102. The van der Waals surface area contributed by atoms with E-state index in [0.717, 1.165) is 61.2 Å². The molecule has 668 valence electrons. The van der Waals surface area contributed by atoms with Gasteiger partial charge in [-0.1, -0.05) is 36.4 Å². The highest BCUT2D eigenvalue weighted by molar-refractivity contribution is 6.07. The van der Waals surface area contributed by atoms with Crippen molar-refractivity contribution in [1.82, 2.24) is 15.1 Å². The monoisotopic (exact) mass is 1730 g/mol. The summed E-state index contributed by atoms with van der Waals surface area (Å²) in [5.41, 5.74) is 1.45. The van der Waals surface area contributed by atoms with Gasteiger partial charge in [-0.05, 0) is 145 Å². The average molecular weight is 1730 g/mol. The van der Waals surface area contributed by atoms with Crippen LogP contribution in [-0.4, -0.2) is 277 Å². The number of amides is 6. The molecule has 15 rings (SSSR count). The standard InChI is InChI=1S/C87H104N6O31/c1-110-65-34-55-59(92(78(103)61-38-86(19-20-86)46-90(61)76(55)101)84(108)120-40-48-12-15-52(16-13-48)122-82-74(100)71(97)72(98)75(124-82)80(105)106)36-67(65)116-41-49-8-7-9-50(32-49)42-117-68-37-60-56(35-66(68)111-2)77(102)91-47-87(21-22-87)39-62(91)79(104)93(60)85(109)121-43-51-14-17-64(123-81-73(99)70(96)63(94)45-118-81)58(33-51)89-69(95)18-24-112-26-28-114-30-31-115-29-27-113-25-23-88-83(107)119-44-57-53-10-5-3-4-6-11-54(53)57/h7-9,12-17,32-37,53-54,57,61-63,70-75,78-79,81-82,94,96-100,103-104H,5-6,10-11,18-31,38-47H2,1-2H3,(H,88,107)(H,89,95)(H,105,106)/t53-,54+,57?,61-,62-,63-,70-,71-,72-,73+,74+,75-,78-,79-,81-,82+/m0/s1. The van der Waals surface area contributed by atoms with Gasteiger partial charge in [0.1, 0.15) is 74.6 Å². The Morgan fingerprint density at radius 2 is 1.05 bits per heavy atom. The summed E-state index contributed by atoms with van der Waals surface area (Å²) in [6, 6.07) is 21.4. The first-order chi connectivity index (χ1) is 59.9. The van der Waals surface area contributed by atoms with Gasteiger partial charge in [0.25, 0.3) is 11.8 Å². The third kappa shape index (κ3) is 20.3. The number of hydrogen-bond donors (Lipinski definition) is 11. The summed E-state index contributed by atoms with van der Waals surface area (Å²) in [6.07, 6.45) is -13.3. The predicted octanol–water partition coefficient (Wildman–Crippen LogP) is 4.45. The highest BCUT2D eigenvalue weighted by atomic mass is 16.7. The number of fused-ring (bicyclic) bond motifs is 5. The van der Waals surface area contributed by atoms with Crippen LogP contribution in [0.15, 0.2) is 91.0 Å². The van der Waals surface area contributed by atoms with Crippen molar-refractivity contribution in [3.8, 4) is 46.3 Å². The number of alkyl carbamates (subject to hydrolysis) is 1. The number of rotatable bonds is 35. The number of nitrogens with zero attached hydrogens (tertiary/aromatic N) is 4. The first kappa shape index (κ1) is 88.5. The number of carbonyl (C=O) groups is 7. The molecule has 0 radical (unpaired) electrons. The number of hydrogen-bond acceptors (Lipinski definition) is 30. The second-order valence-electron chi connectivity index (χ2n) is 32.9. The van der Waals surface area contributed by atoms with Gasteiger partial charge >= 0.3 is 24.2 Å². The highest BCUT2D eigenvalue weighted by Gasteiger charge is 2.60. The van der Waals surface area contributed by atoms with Crippen molar-refractivity contribution >= 4 is 59.0 Å². The summed E-state index contributed by atoms with van der Waals surface area (Å²) in [6.45, 7) is 1.72. The van der Waals surface area contributed by atoms with Crippen molar-refractivity contribution in [3.05, 3.63) is 124 Å². The smallest absolute Gasteiger partial charge is 0.416 e. The van der Waals surface area contributed by atoms with E-state index in [0.29, 0.717) is 98.9 Å². The van der Waals surface area contributed by atoms with Gasteiger partial charge < -0.3 is 137 Å². The number of aliphatic carboxylic acids is 1. The molecule has 4 saturated heterocycles. The number of carboxylic acid groups (broad SMARTS) is 1. The molecule has 124 heavy (non-hydrogen) atoms. The zero-order chi connectivity index (χ0) is 87.1. The van der Waals surface area contributed by atoms with Crippen LogP contribution in [-0.2, 0) is 78.6 Å². The van der Waals surface area contributed by atoms with Crippen LogP contribution in [0.5, 0.6) is 34.5 Å². The van der Waals surface area contributed by atoms with E-state index < -0.39 is 128 Å². The molecule has 10 aliphatic rings. The van der Waals surface area contributed by atoms with Crippen LogP contribution in [0.1, 0.15) is 114 Å². The van der Waals surface area contributed by atoms with E-state index in [1.165, 1.54) is 80.9 Å². The Labute approximate surface area is 713 Å². The minimum Gasteiger partial charge on any atom is -0.493 e. The number of benzene rings is 5. The number of methoxy groups -OCH3 is 2. The van der Waals surface area contributed by atoms with E-state index in [4.69, 9.17) is 71.1 Å². The van der Waals surface area contributed by atoms with Gasteiger partial charge in [0.2, 0.25) is 18.5 Å². The van der Waals surface area contributed by atoms with Gasteiger partial charge in [-0.3, -0.25) is 14.4 Å². The predicted molar refractivity (Wildman–Crippen MR) is 429 cm³/mol. The Hall–Kier alpha value is -10.4. The van der Waals surface area contributed by atoms with Crippen molar-refractivity contribution in [2.75, 3.05) is 115 Å². The molecule has 1 unspecified atom stereocenters. The fraction of sp³-hybridized carbons (Fsp3) is 0.552. The fourth-order valence-corrected chi connectivity index (χ4v) is 17.2. The van der Waals surface area contributed by atoms with Crippen LogP contribution in [0, 0.1) is 40.4 Å². The number of nitrogens with one attached hydrogen (secondary N) is 2. The quantitative estimate of drug-likeness (QED) is 0.0152. The average Bonchev–Trinajstić information content (AvgIpc) is 1.57. The SMILES string of the molecule is COc1cc2c(cc1OCc1cccc(COc3cc4c(cc3OC)C(=O)N3CC5(CC5)C[C@H]3[C@H](O)N4C(=O)OCc3ccc(O[C@@H]4OC[C@H](O)[C@H](O)[C@H]4O)c(NC(=O)CCOCCOCCOCCOCCNC(=O)OCC4[C@H]5CCC#CCC[C@@H]45)c3)c1)N(C(=O)OCc1ccc(O[C@@H]3O[C@H](C(=O)O)[C@@H](O)[C@H](O)[C@H]3O)cc1)[C@@H](O)[C@@H]1CC3(CC3)CN1C2=O. The van der Waals surface area contributed by atoms with Gasteiger partial charge in [0.05, 0.1) is 127 Å².